The largest absolute Gasteiger partial charge is 0.493 e. The molecule has 16 heavy (non-hydrogen) atoms. The van der Waals surface area contributed by atoms with Gasteiger partial charge in [0.05, 0.1) is 18.6 Å². The van der Waals surface area contributed by atoms with Crippen molar-refractivity contribution in [3.05, 3.63) is 43.0 Å². The van der Waals surface area contributed by atoms with Crippen LogP contribution in [0.15, 0.2) is 43.0 Å². The minimum absolute atomic E-state index is 0.154. The smallest absolute Gasteiger partial charge is 0.121 e. The molecular formula is C12H14N2O2. The lowest BCUT2D eigenvalue weighted by Gasteiger charge is -2.07. The summed E-state index contributed by atoms with van der Waals surface area (Å²) in [5.74, 6) is 0.805. The monoisotopic (exact) mass is 218 g/mol. The van der Waals surface area contributed by atoms with Crippen molar-refractivity contribution in [2.75, 3.05) is 13.2 Å². The molecule has 4 heteroatoms. The highest BCUT2D eigenvalue weighted by Gasteiger charge is 1.98. The van der Waals surface area contributed by atoms with Crippen LogP contribution in [-0.2, 0) is 0 Å². The average molecular weight is 218 g/mol. The molecule has 0 aliphatic heterocycles. The molecule has 2 rings (SSSR count). The zero-order valence-corrected chi connectivity index (χ0v) is 8.91. The number of nitrogens with zero attached hydrogens (tertiary/aromatic N) is 2. The van der Waals surface area contributed by atoms with Crippen LogP contribution in [0.25, 0.3) is 5.69 Å². The molecule has 1 aromatic heterocycles. The zero-order chi connectivity index (χ0) is 11.2. The molecule has 0 radical (unpaired) electrons. The van der Waals surface area contributed by atoms with E-state index in [1.807, 2.05) is 35.0 Å². The van der Waals surface area contributed by atoms with Gasteiger partial charge in [0.2, 0.25) is 0 Å². The van der Waals surface area contributed by atoms with Crippen LogP contribution in [0.2, 0.25) is 0 Å². The van der Waals surface area contributed by atoms with Crippen molar-refractivity contribution in [3.63, 3.8) is 0 Å². The molecule has 1 aromatic carbocycles. The Morgan fingerprint density at radius 3 is 3.06 bits per heavy atom. The summed E-state index contributed by atoms with van der Waals surface area (Å²) in [6.45, 7) is 0.686. The van der Waals surface area contributed by atoms with Gasteiger partial charge in [-0.05, 0) is 12.1 Å². The maximum Gasteiger partial charge on any atom is 0.121 e. The summed E-state index contributed by atoms with van der Waals surface area (Å²) < 4.78 is 7.41. The predicted molar refractivity (Wildman–Crippen MR) is 60.8 cm³/mol. The molecule has 84 valence electrons. The average Bonchev–Trinajstić information content (AvgIpc) is 2.83. The van der Waals surface area contributed by atoms with E-state index >= 15 is 0 Å². The number of aliphatic hydroxyl groups excluding tert-OH is 1. The fraction of sp³-hybridized carbons (Fsp3) is 0.250. The second-order valence-electron chi connectivity index (χ2n) is 3.39. The fourth-order valence-corrected chi connectivity index (χ4v) is 1.40. The van der Waals surface area contributed by atoms with Crippen LogP contribution in [0, 0.1) is 0 Å². The van der Waals surface area contributed by atoms with Gasteiger partial charge in [-0.2, -0.15) is 0 Å². The van der Waals surface area contributed by atoms with Crippen molar-refractivity contribution >= 4 is 0 Å². The van der Waals surface area contributed by atoms with Gasteiger partial charge in [-0.1, -0.05) is 6.07 Å². The van der Waals surface area contributed by atoms with Crippen LogP contribution in [-0.4, -0.2) is 27.9 Å². The van der Waals surface area contributed by atoms with Gasteiger partial charge in [0.25, 0.3) is 0 Å². The van der Waals surface area contributed by atoms with Crippen molar-refractivity contribution in [2.45, 2.75) is 6.42 Å². The third kappa shape index (κ3) is 2.61. The Labute approximate surface area is 94.1 Å². The number of rotatable bonds is 5. The number of hydrogen-bond donors (Lipinski definition) is 1. The van der Waals surface area contributed by atoms with Gasteiger partial charge in [0, 0.05) is 31.5 Å². The van der Waals surface area contributed by atoms with E-state index in [0.29, 0.717) is 13.0 Å². The number of aromatic nitrogens is 2. The van der Waals surface area contributed by atoms with Crippen LogP contribution in [0.4, 0.5) is 0 Å². The molecule has 0 aliphatic carbocycles. The standard InChI is InChI=1S/C12H14N2O2/c15-7-2-8-16-12-4-1-3-11(9-12)14-6-5-13-10-14/h1,3-6,9-10,15H,2,7-8H2. The molecule has 4 nitrogen and oxygen atoms in total. The molecule has 0 saturated carbocycles. The summed E-state index contributed by atoms with van der Waals surface area (Å²) >= 11 is 0. The van der Waals surface area contributed by atoms with Crippen LogP contribution in [0.5, 0.6) is 5.75 Å². The van der Waals surface area contributed by atoms with Crippen LogP contribution in [0.3, 0.4) is 0 Å². The molecule has 0 spiro atoms. The number of ether oxygens (including phenoxy) is 1. The lowest BCUT2D eigenvalue weighted by molar-refractivity contribution is 0.233. The van der Waals surface area contributed by atoms with Crippen molar-refractivity contribution in [1.82, 2.24) is 9.55 Å². The molecule has 0 amide bonds. The van der Waals surface area contributed by atoms with Crippen molar-refractivity contribution in [1.29, 1.82) is 0 Å². The normalized spacial score (nSPS) is 10.3. The maximum absolute atomic E-state index is 8.66. The number of aliphatic hydroxyl groups is 1. The molecule has 1 N–H and O–H groups in total. The predicted octanol–water partition coefficient (Wildman–Crippen LogP) is 1.63. The second-order valence-corrected chi connectivity index (χ2v) is 3.39. The summed E-state index contributed by atoms with van der Waals surface area (Å²) in [5, 5.41) is 8.66. The zero-order valence-electron chi connectivity index (χ0n) is 8.91. The minimum atomic E-state index is 0.154. The first-order valence-electron chi connectivity index (χ1n) is 5.22. The SMILES string of the molecule is OCCCOc1cccc(-n2ccnc2)c1. The molecule has 0 unspecified atom stereocenters. The van der Waals surface area contributed by atoms with Crippen molar-refractivity contribution < 1.29 is 9.84 Å². The second kappa shape index (κ2) is 5.32. The van der Waals surface area contributed by atoms with E-state index in [1.165, 1.54) is 0 Å². The number of benzene rings is 1. The van der Waals surface area contributed by atoms with Gasteiger partial charge in [0.1, 0.15) is 5.75 Å². The molecule has 2 aromatic rings. The van der Waals surface area contributed by atoms with Crippen molar-refractivity contribution in [2.24, 2.45) is 0 Å². The Balaban J connectivity index is 2.08. The highest BCUT2D eigenvalue weighted by atomic mass is 16.5. The molecule has 0 bridgehead atoms. The van der Waals surface area contributed by atoms with E-state index < -0.39 is 0 Å². The third-order valence-electron chi connectivity index (χ3n) is 2.19. The van der Waals surface area contributed by atoms with Gasteiger partial charge in [-0.3, -0.25) is 0 Å². The summed E-state index contributed by atoms with van der Waals surface area (Å²) in [6.07, 6.45) is 6.01. The Kier molecular flexibility index (Phi) is 3.56. The fourth-order valence-electron chi connectivity index (χ4n) is 1.40. The summed E-state index contributed by atoms with van der Waals surface area (Å²) in [6, 6.07) is 7.76. The van der Waals surface area contributed by atoms with E-state index in [1.54, 1.807) is 12.5 Å². The highest BCUT2D eigenvalue weighted by Crippen LogP contribution is 2.16. The Morgan fingerprint density at radius 1 is 1.38 bits per heavy atom. The molecule has 0 fully saturated rings. The Hall–Kier alpha value is -1.81. The lowest BCUT2D eigenvalue weighted by Crippen LogP contribution is -2.00. The summed E-state index contributed by atoms with van der Waals surface area (Å²) in [5.41, 5.74) is 1.01. The van der Waals surface area contributed by atoms with E-state index in [-0.39, 0.29) is 6.61 Å². The van der Waals surface area contributed by atoms with Gasteiger partial charge in [0.15, 0.2) is 0 Å². The Bertz CT molecular complexity index is 426. The molecular weight excluding hydrogens is 204 g/mol. The third-order valence-corrected chi connectivity index (χ3v) is 2.19. The van der Waals surface area contributed by atoms with Crippen molar-refractivity contribution in [3.8, 4) is 11.4 Å². The highest BCUT2D eigenvalue weighted by molar-refractivity contribution is 5.39. The van der Waals surface area contributed by atoms with Gasteiger partial charge >= 0.3 is 0 Å². The van der Waals surface area contributed by atoms with Crippen LogP contribution in [0.1, 0.15) is 6.42 Å². The van der Waals surface area contributed by atoms with E-state index in [0.717, 1.165) is 11.4 Å². The first kappa shape index (κ1) is 10.7. The number of imidazole rings is 1. The quantitative estimate of drug-likeness (QED) is 0.776. The van der Waals surface area contributed by atoms with E-state index in [9.17, 15) is 0 Å². The van der Waals surface area contributed by atoms with Gasteiger partial charge in [-0.25, -0.2) is 4.98 Å². The maximum atomic E-state index is 8.66. The minimum Gasteiger partial charge on any atom is -0.493 e. The molecule has 0 aliphatic rings. The van der Waals surface area contributed by atoms with Crippen LogP contribution < -0.4 is 4.74 Å². The first-order chi connectivity index (χ1) is 7.90. The van der Waals surface area contributed by atoms with E-state index in [4.69, 9.17) is 9.84 Å². The van der Waals surface area contributed by atoms with Crippen LogP contribution >= 0.6 is 0 Å². The number of hydrogen-bond acceptors (Lipinski definition) is 3. The van der Waals surface area contributed by atoms with Gasteiger partial charge < -0.3 is 14.4 Å². The molecule has 0 atom stereocenters. The lowest BCUT2D eigenvalue weighted by atomic mass is 10.3. The van der Waals surface area contributed by atoms with Gasteiger partial charge in [-0.15, -0.1) is 0 Å². The topological polar surface area (TPSA) is 47.3 Å². The first-order valence-corrected chi connectivity index (χ1v) is 5.22. The Morgan fingerprint density at radius 2 is 2.31 bits per heavy atom. The van der Waals surface area contributed by atoms with E-state index in [2.05, 4.69) is 4.98 Å². The summed E-state index contributed by atoms with van der Waals surface area (Å²) in [4.78, 5) is 3.99. The molecule has 1 heterocycles. The molecule has 0 saturated heterocycles. The summed E-state index contributed by atoms with van der Waals surface area (Å²) in [7, 11) is 0.